The van der Waals surface area contributed by atoms with Crippen molar-refractivity contribution in [2.75, 3.05) is 44.8 Å². The molecular formula is C27H26ClF3N4O4. The van der Waals surface area contributed by atoms with Crippen LogP contribution in [0.3, 0.4) is 0 Å². The van der Waals surface area contributed by atoms with E-state index in [1.54, 1.807) is 0 Å². The number of benzene rings is 3. The Hall–Kier alpha value is -3.80. The number of hydrogen-bond acceptors (Lipinski definition) is 6. The summed E-state index contributed by atoms with van der Waals surface area (Å²) in [6.07, 6.45) is -3.21. The minimum absolute atomic E-state index is 0.653. The molecule has 0 atom stereocenters. The van der Waals surface area contributed by atoms with Gasteiger partial charge in [-0.15, -0.1) is 0 Å². The molecule has 5 rings (SSSR count). The highest BCUT2D eigenvalue weighted by atomic mass is 35.5. The maximum Gasteiger partial charge on any atom is 0.490 e. The maximum absolute atomic E-state index is 10.6. The fraction of sp³-hybridized carbons (Fsp3) is 0.259. The van der Waals surface area contributed by atoms with Crippen LogP contribution in [-0.2, 0) is 9.53 Å². The molecule has 1 aromatic heterocycles. The van der Waals surface area contributed by atoms with E-state index in [1.165, 1.54) is 0 Å². The van der Waals surface area contributed by atoms with E-state index in [1.807, 2.05) is 65.5 Å². The zero-order valence-electron chi connectivity index (χ0n) is 20.7. The van der Waals surface area contributed by atoms with Crippen LogP contribution in [0.4, 0.5) is 24.5 Å². The number of halogens is 4. The van der Waals surface area contributed by atoms with Gasteiger partial charge in [0.25, 0.3) is 0 Å². The van der Waals surface area contributed by atoms with E-state index in [9.17, 15) is 13.2 Å². The number of alkyl halides is 3. The van der Waals surface area contributed by atoms with E-state index >= 15 is 0 Å². The summed E-state index contributed by atoms with van der Waals surface area (Å²) in [6, 6.07) is 21.9. The number of carbonyl (C=O) groups is 1. The molecule has 1 aliphatic heterocycles. The normalized spacial score (nSPS) is 13.9. The number of hydrogen-bond donors (Lipinski definition) is 2. The van der Waals surface area contributed by atoms with Crippen LogP contribution in [0.5, 0.6) is 5.75 Å². The van der Waals surface area contributed by atoms with E-state index in [0.717, 1.165) is 66.6 Å². The summed E-state index contributed by atoms with van der Waals surface area (Å²) >= 11 is 6.27. The Morgan fingerprint density at radius 1 is 1.08 bits per heavy atom. The molecule has 0 radical (unpaired) electrons. The Bertz CT molecular complexity index is 1410. The van der Waals surface area contributed by atoms with E-state index in [4.69, 9.17) is 31.0 Å². The van der Waals surface area contributed by atoms with Crippen molar-refractivity contribution in [1.29, 1.82) is 0 Å². The molecule has 0 amide bonds. The molecule has 0 bridgehead atoms. The number of aliphatic carboxylic acids is 1. The van der Waals surface area contributed by atoms with Crippen molar-refractivity contribution in [2.45, 2.75) is 6.18 Å². The van der Waals surface area contributed by atoms with Gasteiger partial charge in [-0.05, 0) is 42.5 Å². The largest absolute Gasteiger partial charge is 0.492 e. The average molecular weight is 563 g/mol. The van der Waals surface area contributed by atoms with Crippen LogP contribution in [0, 0.1) is 0 Å². The number of nitrogens with zero attached hydrogens (tertiary/aromatic N) is 3. The standard InChI is InChI=1S/C25H25ClN4O2.C2HF3O2/c26-23-6-1-2-7-24(23)28-20-8-9-25-19(16-20)18-27-30(25)21-4-3-5-22(17-21)32-15-12-29-10-13-31-14-11-29;3-2(4,5)1(6)7/h1-9,16-18,28H,10-15H2;(H,6,7). The van der Waals surface area contributed by atoms with Gasteiger partial charge in [-0.1, -0.05) is 29.8 Å². The fourth-order valence-corrected chi connectivity index (χ4v) is 4.04. The molecule has 1 fully saturated rings. The minimum atomic E-state index is -5.08. The molecule has 8 nitrogen and oxygen atoms in total. The van der Waals surface area contributed by atoms with Crippen molar-refractivity contribution >= 4 is 39.8 Å². The van der Waals surface area contributed by atoms with Crippen LogP contribution in [0.2, 0.25) is 5.02 Å². The van der Waals surface area contributed by atoms with E-state index in [0.29, 0.717) is 11.6 Å². The van der Waals surface area contributed by atoms with Crippen LogP contribution >= 0.6 is 11.6 Å². The molecule has 1 aliphatic rings. The number of nitrogens with one attached hydrogen (secondary N) is 1. The molecule has 3 aromatic carbocycles. The summed E-state index contributed by atoms with van der Waals surface area (Å²) in [4.78, 5) is 11.3. The highest BCUT2D eigenvalue weighted by Gasteiger charge is 2.38. The molecule has 0 saturated carbocycles. The van der Waals surface area contributed by atoms with Crippen molar-refractivity contribution in [3.8, 4) is 11.4 Å². The number of fused-ring (bicyclic) bond motifs is 1. The lowest BCUT2D eigenvalue weighted by atomic mass is 10.2. The van der Waals surface area contributed by atoms with Gasteiger partial charge in [-0.3, -0.25) is 4.90 Å². The van der Waals surface area contributed by atoms with Gasteiger partial charge in [0, 0.05) is 36.8 Å². The molecule has 2 N–H and O–H groups in total. The van der Waals surface area contributed by atoms with Crippen LogP contribution in [-0.4, -0.2) is 71.4 Å². The SMILES string of the molecule is Clc1ccccc1Nc1ccc2c(cnn2-c2cccc(OCCN3CCOCC3)c2)c1.O=C(O)C(F)(F)F. The summed E-state index contributed by atoms with van der Waals surface area (Å²) < 4.78 is 45.1. The molecule has 1 saturated heterocycles. The predicted octanol–water partition coefficient (Wildman–Crippen LogP) is 5.77. The molecule has 2 heterocycles. The van der Waals surface area contributed by atoms with Gasteiger partial charge in [-0.2, -0.15) is 18.3 Å². The molecule has 206 valence electrons. The first-order valence-electron chi connectivity index (χ1n) is 12.0. The molecule has 0 unspecified atom stereocenters. The van der Waals surface area contributed by atoms with Gasteiger partial charge in [-0.25, -0.2) is 9.48 Å². The Kier molecular flexibility index (Phi) is 9.28. The van der Waals surface area contributed by atoms with Crippen molar-refractivity contribution in [1.82, 2.24) is 14.7 Å². The third-order valence-electron chi connectivity index (χ3n) is 5.81. The highest BCUT2D eigenvalue weighted by Crippen LogP contribution is 2.28. The van der Waals surface area contributed by atoms with E-state index in [2.05, 4.69) is 27.4 Å². The molecule has 0 spiro atoms. The lowest BCUT2D eigenvalue weighted by Gasteiger charge is -2.26. The predicted molar refractivity (Wildman–Crippen MR) is 142 cm³/mol. The summed E-state index contributed by atoms with van der Waals surface area (Å²) in [6.45, 7) is 5.10. The van der Waals surface area contributed by atoms with Gasteiger partial charge in [0.05, 0.1) is 41.3 Å². The first-order chi connectivity index (χ1) is 18.7. The van der Waals surface area contributed by atoms with Crippen molar-refractivity contribution in [3.05, 3.63) is 77.9 Å². The topological polar surface area (TPSA) is 88.9 Å². The first-order valence-corrected chi connectivity index (χ1v) is 12.4. The minimum Gasteiger partial charge on any atom is -0.492 e. The van der Waals surface area contributed by atoms with Crippen molar-refractivity contribution < 1.29 is 32.5 Å². The monoisotopic (exact) mass is 562 g/mol. The molecule has 39 heavy (non-hydrogen) atoms. The summed E-state index contributed by atoms with van der Waals surface area (Å²) in [5.41, 5.74) is 3.84. The summed E-state index contributed by atoms with van der Waals surface area (Å²) in [7, 11) is 0. The number of ether oxygens (including phenoxy) is 2. The van der Waals surface area contributed by atoms with Gasteiger partial charge in [0.2, 0.25) is 0 Å². The lowest BCUT2D eigenvalue weighted by Crippen LogP contribution is -2.38. The number of morpholine rings is 1. The van der Waals surface area contributed by atoms with Crippen LogP contribution in [0.1, 0.15) is 0 Å². The third-order valence-corrected chi connectivity index (χ3v) is 6.14. The first kappa shape index (κ1) is 28.2. The number of rotatable bonds is 7. The molecule has 12 heteroatoms. The second kappa shape index (κ2) is 12.8. The summed E-state index contributed by atoms with van der Waals surface area (Å²) in [5.74, 6) is -1.91. The molecule has 4 aromatic rings. The van der Waals surface area contributed by atoms with Gasteiger partial charge in [0.15, 0.2) is 0 Å². The average Bonchev–Trinajstić information content (AvgIpc) is 3.34. The number of aromatic nitrogens is 2. The Morgan fingerprint density at radius 2 is 1.82 bits per heavy atom. The number of para-hydroxylation sites is 1. The third kappa shape index (κ3) is 7.85. The zero-order chi connectivity index (χ0) is 27.8. The lowest BCUT2D eigenvalue weighted by molar-refractivity contribution is -0.192. The second-order valence-corrected chi connectivity index (χ2v) is 8.94. The summed E-state index contributed by atoms with van der Waals surface area (Å²) in [5, 5.41) is 16.8. The molecule has 0 aliphatic carbocycles. The van der Waals surface area contributed by atoms with Gasteiger partial charge < -0.3 is 19.9 Å². The van der Waals surface area contributed by atoms with Crippen LogP contribution in [0.25, 0.3) is 16.6 Å². The Morgan fingerprint density at radius 3 is 2.54 bits per heavy atom. The number of carboxylic acid groups (broad SMARTS) is 1. The highest BCUT2D eigenvalue weighted by molar-refractivity contribution is 6.33. The van der Waals surface area contributed by atoms with Gasteiger partial charge >= 0.3 is 12.1 Å². The van der Waals surface area contributed by atoms with Crippen molar-refractivity contribution in [3.63, 3.8) is 0 Å². The zero-order valence-corrected chi connectivity index (χ0v) is 21.5. The van der Waals surface area contributed by atoms with Gasteiger partial charge in [0.1, 0.15) is 12.4 Å². The second-order valence-electron chi connectivity index (χ2n) is 8.54. The van der Waals surface area contributed by atoms with E-state index < -0.39 is 12.1 Å². The maximum atomic E-state index is 10.6. The fourth-order valence-electron chi connectivity index (χ4n) is 3.86. The van der Waals surface area contributed by atoms with E-state index in [-0.39, 0.29) is 0 Å². The number of anilines is 2. The van der Waals surface area contributed by atoms with Crippen LogP contribution in [0.15, 0.2) is 72.9 Å². The quantitative estimate of drug-likeness (QED) is 0.296. The van der Waals surface area contributed by atoms with Crippen LogP contribution < -0.4 is 10.1 Å². The Balaban J connectivity index is 0.000000448. The smallest absolute Gasteiger partial charge is 0.490 e. The Labute approximate surface area is 227 Å². The van der Waals surface area contributed by atoms with Crippen molar-refractivity contribution in [2.24, 2.45) is 0 Å². The number of carboxylic acids is 1. The molecular weight excluding hydrogens is 537 g/mol.